The number of hydrogen-bond donors (Lipinski definition) is 1. The van der Waals surface area contributed by atoms with Gasteiger partial charge in [-0.2, -0.15) is 0 Å². The minimum atomic E-state index is -0.0134. The number of anilines is 1. The molecule has 6 heteroatoms. The van der Waals surface area contributed by atoms with Crippen molar-refractivity contribution in [1.82, 2.24) is 15.5 Å². The molecule has 1 atom stereocenters. The van der Waals surface area contributed by atoms with Gasteiger partial charge in [0.25, 0.3) is 0 Å². The van der Waals surface area contributed by atoms with Crippen LogP contribution in [-0.4, -0.2) is 43.4 Å². The summed E-state index contributed by atoms with van der Waals surface area (Å²) in [7, 11) is 3.35. The Morgan fingerprint density at radius 3 is 2.57 bits per heavy atom. The number of methoxy groups -OCH3 is 1. The molecule has 1 aliphatic heterocycles. The molecular weight excluding hydrogens is 352 g/mol. The molecule has 6 nitrogen and oxygen atoms in total. The molecule has 1 aliphatic rings. The fourth-order valence-corrected chi connectivity index (χ4v) is 3.87. The predicted octanol–water partition coefficient (Wildman–Crippen LogP) is 3.27. The van der Waals surface area contributed by atoms with Crippen LogP contribution in [0, 0.1) is 5.92 Å². The van der Waals surface area contributed by atoms with E-state index in [4.69, 9.17) is 4.74 Å². The molecule has 0 unspecified atom stereocenters. The lowest BCUT2D eigenvalue weighted by atomic mass is 9.96. The Labute approximate surface area is 164 Å². The molecule has 144 valence electrons. The lowest BCUT2D eigenvalue weighted by molar-refractivity contribution is -0.124. The number of fused-ring (bicyclic) bond motifs is 1. The molecule has 4 rings (SSSR count). The summed E-state index contributed by atoms with van der Waals surface area (Å²) in [6.07, 6.45) is 1.87. The van der Waals surface area contributed by atoms with Crippen LogP contribution in [0.25, 0.3) is 22.0 Å². The van der Waals surface area contributed by atoms with Crippen LogP contribution < -0.4 is 15.0 Å². The lowest BCUT2D eigenvalue weighted by Gasteiger charge is -2.33. The normalized spacial score (nSPS) is 16.8. The fraction of sp³-hybridized carbons (Fsp3) is 0.318. The first kappa shape index (κ1) is 18.2. The van der Waals surface area contributed by atoms with Crippen molar-refractivity contribution in [3.8, 4) is 17.0 Å². The van der Waals surface area contributed by atoms with Crippen molar-refractivity contribution in [3.05, 3.63) is 48.5 Å². The average molecular weight is 376 g/mol. The van der Waals surface area contributed by atoms with E-state index in [1.54, 1.807) is 14.2 Å². The quantitative estimate of drug-likeness (QED) is 0.757. The number of nitrogens with one attached hydrogen (secondary N) is 1. The van der Waals surface area contributed by atoms with Crippen molar-refractivity contribution in [1.29, 1.82) is 0 Å². The molecule has 3 aromatic rings. The van der Waals surface area contributed by atoms with E-state index in [2.05, 4.69) is 32.5 Å². The molecule has 1 N–H and O–H groups in total. The highest BCUT2D eigenvalue weighted by molar-refractivity contribution is 6.00. The summed E-state index contributed by atoms with van der Waals surface area (Å²) in [6, 6.07) is 16.0. The van der Waals surface area contributed by atoms with Gasteiger partial charge in [-0.3, -0.25) is 4.79 Å². The Morgan fingerprint density at radius 2 is 1.86 bits per heavy atom. The largest absolute Gasteiger partial charge is 0.497 e. The second kappa shape index (κ2) is 7.84. The zero-order chi connectivity index (χ0) is 19.5. The van der Waals surface area contributed by atoms with Crippen LogP contribution in [0.15, 0.2) is 48.5 Å². The highest BCUT2D eigenvalue weighted by atomic mass is 16.5. The molecule has 1 aromatic heterocycles. The van der Waals surface area contributed by atoms with Crippen LogP contribution in [0.2, 0.25) is 0 Å². The van der Waals surface area contributed by atoms with Crippen LogP contribution in [0.5, 0.6) is 5.75 Å². The van der Waals surface area contributed by atoms with Gasteiger partial charge < -0.3 is 15.0 Å². The van der Waals surface area contributed by atoms with Gasteiger partial charge in [-0.05, 0) is 37.1 Å². The number of carbonyl (C=O) groups is 1. The summed E-state index contributed by atoms with van der Waals surface area (Å²) < 4.78 is 5.25. The molecule has 28 heavy (non-hydrogen) atoms. The zero-order valence-electron chi connectivity index (χ0n) is 16.2. The number of aromatic nitrogens is 2. The summed E-state index contributed by atoms with van der Waals surface area (Å²) in [5, 5.41) is 14.0. The molecule has 2 aromatic carbocycles. The molecule has 0 spiro atoms. The first-order valence-electron chi connectivity index (χ1n) is 9.57. The lowest BCUT2D eigenvalue weighted by Crippen LogP contribution is -2.42. The Kier molecular flexibility index (Phi) is 5.10. The van der Waals surface area contributed by atoms with Gasteiger partial charge in [0.05, 0.1) is 13.0 Å². The average Bonchev–Trinajstić information content (AvgIpc) is 2.78. The van der Waals surface area contributed by atoms with E-state index in [1.165, 1.54) is 0 Å². The van der Waals surface area contributed by atoms with Gasteiger partial charge in [-0.1, -0.05) is 24.3 Å². The van der Waals surface area contributed by atoms with E-state index < -0.39 is 0 Å². The molecule has 1 amide bonds. The van der Waals surface area contributed by atoms with Gasteiger partial charge in [0.1, 0.15) is 11.4 Å². The number of piperidine rings is 1. The minimum absolute atomic E-state index is 0.0134. The number of nitrogens with zero attached hydrogens (tertiary/aromatic N) is 3. The standard InChI is InChI=1S/C22H24N4O2/c1-23-22(27)16-6-5-13-26(14-16)21-19-8-4-3-7-18(19)20(24-25-21)15-9-11-17(28-2)12-10-15/h3-4,7-12,16H,5-6,13-14H2,1-2H3,(H,23,27)/t16-/m0/s1. The number of rotatable bonds is 4. The summed E-state index contributed by atoms with van der Waals surface area (Å²) in [6.45, 7) is 1.55. The number of benzene rings is 2. The number of carbonyl (C=O) groups excluding carboxylic acids is 1. The van der Waals surface area contributed by atoms with E-state index in [0.29, 0.717) is 6.54 Å². The van der Waals surface area contributed by atoms with E-state index in [1.807, 2.05) is 36.4 Å². The topological polar surface area (TPSA) is 67.4 Å². The highest BCUT2D eigenvalue weighted by Crippen LogP contribution is 2.33. The van der Waals surface area contributed by atoms with Gasteiger partial charge in [0.2, 0.25) is 5.91 Å². The maximum Gasteiger partial charge on any atom is 0.224 e. The molecule has 0 aliphatic carbocycles. The first-order chi connectivity index (χ1) is 13.7. The van der Waals surface area contributed by atoms with E-state index in [9.17, 15) is 4.79 Å². The molecule has 0 saturated carbocycles. The second-order valence-electron chi connectivity index (χ2n) is 7.05. The van der Waals surface area contributed by atoms with E-state index in [0.717, 1.165) is 53.0 Å². The van der Waals surface area contributed by atoms with Crippen molar-refractivity contribution >= 4 is 22.5 Å². The van der Waals surface area contributed by atoms with Crippen molar-refractivity contribution in [2.24, 2.45) is 5.92 Å². The molecule has 1 fully saturated rings. The van der Waals surface area contributed by atoms with Gasteiger partial charge in [-0.15, -0.1) is 10.2 Å². The first-order valence-corrected chi connectivity index (χ1v) is 9.57. The van der Waals surface area contributed by atoms with Crippen LogP contribution in [0.4, 0.5) is 5.82 Å². The molecular formula is C22H24N4O2. The third-order valence-electron chi connectivity index (χ3n) is 5.37. The maximum atomic E-state index is 12.1. The van der Waals surface area contributed by atoms with Gasteiger partial charge >= 0.3 is 0 Å². The number of ether oxygens (including phenoxy) is 1. The summed E-state index contributed by atoms with van der Waals surface area (Å²) in [4.78, 5) is 14.3. The SMILES string of the molecule is CNC(=O)[C@H]1CCCN(c2nnc(-c3ccc(OC)cc3)c3ccccc23)C1. The fourth-order valence-electron chi connectivity index (χ4n) is 3.87. The Bertz CT molecular complexity index is 987. The molecule has 0 radical (unpaired) electrons. The summed E-state index contributed by atoms with van der Waals surface area (Å²) in [5.41, 5.74) is 1.85. The summed E-state index contributed by atoms with van der Waals surface area (Å²) >= 11 is 0. The van der Waals surface area contributed by atoms with Crippen LogP contribution >= 0.6 is 0 Å². The van der Waals surface area contributed by atoms with E-state index in [-0.39, 0.29) is 11.8 Å². The van der Waals surface area contributed by atoms with Crippen molar-refractivity contribution in [3.63, 3.8) is 0 Å². The number of amides is 1. The molecule has 0 bridgehead atoms. The van der Waals surface area contributed by atoms with Gasteiger partial charge in [-0.25, -0.2) is 0 Å². The second-order valence-corrected chi connectivity index (χ2v) is 7.05. The van der Waals surface area contributed by atoms with Crippen molar-refractivity contribution in [2.75, 3.05) is 32.1 Å². The monoisotopic (exact) mass is 376 g/mol. The van der Waals surface area contributed by atoms with Gasteiger partial charge in [0.15, 0.2) is 5.82 Å². The van der Waals surface area contributed by atoms with Crippen LogP contribution in [0.3, 0.4) is 0 Å². The third kappa shape index (κ3) is 3.38. The van der Waals surface area contributed by atoms with Crippen molar-refractivity contribution in [2.45, 2.75) is 12.8 Å². The maximum absolute atomic E-state index is 12.1. The Balaban J connectivity index is 1.74. The zero-order valence-corrected chi connectivity index (χ0v) is 16.2. The van der Waals surface area contributed by atoms with E-state index >= 15 is 0 Å². The Hall–Kier alpha value is -3.15. The van der Waals surface area contributed by atoms with Crippen LogP contribution in [0.1, 0.15) is 12.8 Å². The third-order valence-corrected chi connectivity index (χ3v) is 5.37. The van der Waals surface area contributed by atoms with Gasteiger partial charge in [0, 0.05) is 36.5 Å². The molecule has 2 heterocycles. The number of hydrogen-bond acceptors (Lipinski definition) is 5. The predicted molar refractivity (Wildman–Crippen MR) is 111 cm³/mol. The minimum Gasteiger partial charge on any atom is -0.497 e. The van der Waals surface area contributed by atoms with Crippen molar-refractivity contribution < 1.29 is 9.53 Å². The Morgan fingerprint density at radius 1 is 1.11 bits per heavy atom. The van der Waals surface area contributed by atoms with Crippen LogP contribution in [-0.2, 0) is 4.79 Å². The molecule has 1 saturated heterocycles. The highest BCUT2D eigenvalue weighted by Gasteiger charge is 2.27. The summed E-state index contributed by atoms with van der Waals surface area (Å²) in [5.74, 6) is 1.74. The smallest absolute Gasteiger partial charge is 0.224 e.